The van der Waals surface area contributed by atoms with Gasteiger partial charge >= 0.3 is 0 Å². The summed E-state index contributed by atoms with van der Waals surface area (Å²) in [5.74, 6) is 0.437. The number of rotatable bonds is 3. The fourth-order valence-corrected chi connectivity index (χ4v) is 3.52. The Balaban J connectivity index is 1.66. The largest absolute Gasteiger partial charge is 0.239 e. The maximum absolute atomic E-state index is 14.3. The van der Waals surface area contributed by atoms with Crippen LogP contribution in [-0.4, -0.2) is 14.8 Å². The first-order valence-electron chi connectivity index (χ1n) is 7.19. The van der Waals surface area contributed by atoms with E-state index in [1.807, 2.05) is 60.7 Å². The van der Waals surface area contributed by atoms with E-state index in [2.05, 4.69) is 10.1 Å². The summed E-state index contributed by atoms with van der Waals surface area (Å²) >= 11 is 1.46. The molecule has 110 valence electrons. The van der Waals surface area contributed by atoms with Gasteiger partial charge in [-0.1, -0.05) is 48.5 Å². The van der Waals surface area contributed by atoms with Crippen LogP contribution < -0.4 is 0 Å². The maximum atomic E-state index is 14.3. The second-order valence-corrected chi connectivity index (χ2v) is 6.28. The Hall–Kier alpha value is -2.14. The predicted octanol–water partition coefficient (Wildman–Crippen LogP) is 4.43. The lowest BCUT2D eigenvalue weighted by Crippen LogP contribution is -2.07. The van der Waals surface area contributed by atoms with E-state index in [-0.39, 0.29) is 6.04 Å². The van der Waals surface area contributed by atoms with Gasteiger partial charge in [0.15, 0.2) is 12.0 Å². The monoisotopic (exact) mass is 311 g/mol. The van der Waals surface area contributed by atoms with Crippen molar-refractivity contribution in [1.29, 1.82) is 0 Å². The summed E-state index contributed by atoms with van der Waals surface area (Å²) in [7, 11) is 0. The standard InChI is InChI=1S/C17H14FN3S/c18-14-11-15(12-7-3-1-4-8-12)21-16(14)19-17(20-21)22-13-9-5-2-6-10-13/h1-10,14-15H,11H2/t14-,15-/m0/s1. The van der Waals surface area contributed by atoms with E-state index in [1.165, 1.54) is 11.8 Å². The summed E-state index contributed by atoms with van der Waals surface area (Å²) < 4.78 is 16.0. The summed E-state index contributed by atoms with van der Waals surface area (Å²) in [5.41, 5.74) is 1.07. The number of nitrogens with zero attached hydrogens (tertiary/aromatic N) is 3. The van der Waals surface area contributed by atoms with E-state index in [0.29, 0.717) is 17.4 Å². The van der Waals surface area contributed by atoms with Gasteiger partial charge in [-0.25, -0.2) is 14.1 Å². The molecule has 0 spiro atoms. The molecule has 0 amide bonds. The van der Waals surface area contributed by atoms with Gasteiger partial charge in [-0.2, -0.15) is 0 Å². The molecule has 0 N–H and O–H groups in total. The zero-order valence-corrected chi connectivity index (χ0v) is 12.6. The van der Waals surface area contributed by atoms with Crippen LogP contribution in [-0.2, 0) is 0 Å². The van der Waals surface area contributed by atoms with Gasteiger partial charge in [0.25, 0.3) is 0 Å². The minimum Gasteiger partial charge on any atom is -0.239 e. The van der Waals surface area contributed by atoms with Gasteiger partial charge in [0.2, 0.25) is 5.16 Å². The SMILES string of the molecule is F[C@H]1C[C@@H](c2ccccc2)n2nc(Sc3ccccc3)nc21. The van der Waals surface area contributed by atoms with Crippen molar-refractivity contribution in [3.63, 3.8) is 0 Å². The average Bonchev–Trinajstić information content (AvgIpc) is 3.09. The second kappa shape index (κ2) is 5.57. The van der Waals surface area contributed by atoms with Crippen LogP contribution >= 0.6 is 11.8 Å². The van der Waals surface area contributed by atoms with Crippen molar-refractivity contribution in [2.45, 2.75) is 28.7 Å². The summed E-state index contributed by atoms with van der Waals surface area (Å²) in [6.45, 7) is 0. The minimum absolute atomic E-state index is 0.0659. The highest BCUT2D eigenvalue weighted by Gasteiger charge is 2.35. The van der Waals surface area contributed by atoms with E-state index in [4.69, 9.17) is 0 Å². The zero-order valence-electron chi connectivity index (χ0n) is 11.8. The summed E-state index contributed by atoms with van der Waals surface area (Å²) in [5, 5.41) is 5.12. The second-order valence-electron chi connectivity index (χ2n) is 5.24. The minimum atomic E-state index is -1.05. The number of hydrogen-bond donors (Lipinski definition) is 0. The molecule has 1 aliphatic heterocycles. The van der Waals surface area contributed by atoms with Crippen LogP contribution in [0.15, 0.2) is 70.7 Å². The van der Waals surface area contributed by atoms with E-state index in [0.717, 1.165) is 10.5 Å². The number of alkyl halides is 1. The third-order valence-electron chi connectivity index (χ3n) is 3.78. The molecule has 0 aliphatic carbocycles. The highest BCUT2D eigenvalue weighted by atomic mass is 32.2. The fraction of sp³-hybridized carbons (Fsp3) is 0.176. The Labute approximate surface area is 132 Å². The van der Waals surface area contributed by atoms with Gasteiger partial charge in [0.1, 0.15) is 0 Å². The average molecular weight is 311 g/mol. The molecule has 3 nitrogen and oxygen atoms in total. The molecule has 3 aromatic rings. The van der Waals surface area contributed by atoms with Crippen LogP contribution in [0.1, 0.15) is 30.0 Å². The highest BCUT2D eigenvalue weighted by Crippen LogP contribution is 2.40. The first kappa shape index (κ1) is 13.5. The Morgan fingerprint density at radius 3 is 2.41 bits per heavy atom. The molecule has 0 saturated heterocycles. The van der Waals surface area contributed by atoms with Crippen LogP contribution in [0.2, 0.25) is 0 Å². The van der Waals surface area contributed by atoms with Crippen molar-refractivity contribution in [3.05, 3.63) is 72.1 Å². The molecule has 1 aliphatic rings. The third-order valence-corrected chi connectivity index (χ3v) is 4.64. The molecule has 4 rings (SSSR count). The Bertz CT molecular complexity index is 773. The summed E-state index contributed by atoms with van der Waals surface area (Å²) in [6, 6.07) is 19.8. The quantitative estimate of drug-likeness (QED) is 0.717. The topological polar surface area (TPSA) is 30.7 Å². The first-order chi connectivity index (χ1) is 10.8. The predicted molar refractivity (Wildman–Crippen MR) is 83.6 cm³/mol. The van der Waals surface area contributed by atoms with Crippen LogP contribution in [0.3, 0.4) is 0 Å². The lowest BCUT2D eigenvalue weighted by molar-refractivity contribution is 0.327. The number of hydrogen-bond acceptors (Lipinski definition) is 3. The fourth-order valence-electron chi connectivity index (χ4n) is 2.75. The van der Waals surface area contributed by atoms with Crippen molar-refractivity contribution < 1.29 is 4.39 Å². The molecule has 5 heteroatoms. The molecule has 0 saturated carbocycles. The van der Waals surface area contributed by atoms with Gasteiger partial charge in [-0.15, -0.1) is 5.10 Å². The normalized spacial score (nSPS) is 20.0. The highest BCUT2D eigenvalue weighted by molar-refractivity contribution is 7.99. The molecule has 0 radical (unpaired) electrons. The van der Waals surface area contributed by atoms with Gasteiger partial charge < -0.3 is 0 Å². The van der Waals surface area contributed by atoms with Crippen molar-refractivity contribution in [3.8, 4) is 0 Å². The molecule has 22 heavy (non-hydrogen) atoms. The van der Waals surface area contributed by atoms with E-state index in [1.54, 1.807) is 4.68 Å². The van der Waals surface area contributed by atoms with Gasteiger partial charge in [0.05, 0.1) is 6.04 Å². The van der Waals surface area contributed by atoms with Gasteiger partial charge in [-0.3, -0.25) is 0 Å². The van der Waals surface area contributed by atoms with Crippen molar-refractivity contribution in [2.24, 2.45) is 0 Å². The zero-order chi connectivity index (χ0) is 14.9. The molecule has 1 aromatic heterocycles. The smallest absolute Gasteiger partial charge is 0.213 e. The molecule has 0 unspecified atom stereocenters. The van der Waals surface area contributed by atoms with Crippen LogP contribution in [0, 0.1) is 0 Å². The Kier molecular flexibility index (Phi) is 3.42. The van der Waals surface area contributed by atoms with Crippen molar-refractivity contribution >= 4 is 11.8 Å². The van der Waals surface area contributed by atoms with E-state index < -0.39 is 6.17 Å². The van der Waals surface area contributed by atoms with Crippen LogP contribution in [0.25, 0.3) is 0 Å². The molecular formula is C17H14FN3S. The lowest BCUT2D eigenvalue weighted by atomic mass is 10.0. The number of halogens is 1. The molecule has 0 fully saturated rings. The molecule has 0 bridgehead atoms. The number of benzene rings is 2. The molecule has 2 aromatic carbocycles. The molecular weight excluding hydrogens is 297 g/mol. The van der Waals surface area contributed by atoms with Crippen molar-refractivity contribution in [1.82, 2.24) is 14.8 Å². The van der Waals surface area contributed by atoms with Crippen LogP contribution in [0.4, 0.5) is 4.39 Å². The van der Waals surface area contributed by atoms with Gasteiger partial charge in [0, 0.05) is 11.3 Å². The van der Waals surface area contributed by atoms with E-state index >= 15 is 0 Å². The third kappa shape index (κ3) is 2.41. The molecule has 2 heterocycles. The summed E-state index contributed by atoms with van der Waals surface area (Å²) in [4.78, 5) is 5.44. The van der Waals surface area contributed by atoms with Crippen molar-refractivity contribution in [2.75, 3.05) is 0 Å². The first-order valence-corrected chi connectivity index (χ1v) is 8.01. The van der Waals surface area contributed by atoms with E-state index in [9.17, 15) is 4.39 Å². The Morgan fingerprint density at radius 1 is 1.00 bits per heavy atom. The molecule has 2 atom stereocenters. The number of aromatic nitrogens is 3. The lowest BCUT2D eigenvalue weighted by Gasteiger charge is -2.11. The summed E-state index contributed by atoms with van der Waals surface area (Å²) in [6.07, 6.45) is -0.641. The maximum Gasteiger partial charge on any atom is 0.213 e. The van der Waals surface area contributed by atoms with Crippen LogP contribution in [0.5, 0.6) is 0 Å². The van der Waals surface area contributed by atoms with Gasteiger partial charge in [-0.05, 0) is 29.5 Å². The Morgan fingerprint density at radius 2 is 1.68 bits per heavy atom. The number of fused-ring (bicyclic) bond motifs is 1.